The molecule has 0 amide bonds. The first-order valence-electron chi connectivity index (χ1n) is 4.89. The molecule has 0 radical (unpaired) electrons. The molecule has 0 aliphatic rings. The third-order valence-corrected chi connectivity index (χ3v) is 1.94. The monoisotopic (exact) mass is 213 g/mol. The Bertz CT molecular complexity index is 471. The number of hydrogen-bond donors (Lipinski definition) is 0. The maximum absolute atomic E-state index is 5.21. The molecule has 0 aliphatic heterocycles. The van der Waals surface area contributed by atoms with Crippen LogP contribution in [0.5, 0.6) is 6.01 Å². The van der Waals surface area contributed by atoms with E-state index in [1.807, 2.05) is 30.3 Å². The highest BCUT2D eigenvalue weighted by molar-refractivity contribution is 5.57. The van der Waals surface area contributed by atoms with Gasteiger partial charge in [-0.3, -0.25) is 0 Å². The maximum atomic E-state index is 5.21. The fourth-order valence-electron chi connectivity index (χ4n) is 1.23. The maximum Gasteiger partial charge on any atom is 0.336 e. The van der Waals surface area contributed by atoms with Gasteiger partial charge in [-0.15, -0.1) is 0 Å². The average molecular weight is 213 g/mol. The first kappa shape index (κ1) is 10.3. The molecule has 2 rings (SSSR count). The van der Waals surface area contributed by atoms with Crippen molar-refractivity contribution >= 4 is 0 Å². The van der Waals surface area contributed by atoms with Crippen LogP contribution in [0.3, 0.4) is 0 Å². The van der Waals surface area contributed by atoms with E-state index in [-0.39, 0.29) is 6.01 Å². The van der Waals surface area contributed by atoms with Gasteiger partial charge in [0.2, 0.25) is 0 Å². The highest BCUT2D eigenvalue weighted by Gasteiger charge is 2.02. The van der Waals surface area contributed by atoms with Gasteiger partial charge in [-0.1, -0.05) is 48.1 Å². The summed E-state index contributed by atoms with van der Waals surface area (Å²) in [6, 6.07) is 10.0. The molecule has 80 valence electrons. The van der Waals surface area contributed by atoms with Crippen LogP contribution in [0.25, 0.3) is 11.3 Å². The fraction of sp³-hybridized carbons (Fsp3) is 0.0833. The number of rotatable bonds is 4. The zero-order valence-corrected chi connectivity index (χ0v) is 8.71. The minimum Gasteiger partial charge on any atom is -0.458 e. The van der Waals surface area contributed by atoms with Crippen molar-refractivity contribution in [1.29, 1.82) is 0 Å². The van der Waals surface area contributed by atoms with E-state index >= 15 is 0 Å². The van der Waals surface area contributed by atoms with Crippen LogP contribution in [-0.2, 0) is 0 Å². The summed E-state index contributed by atoms with van der Waals surface area (Å²) in [6.07, 6.45) is 3.24. The number of hydrogen-bond acceptors (Lipinski definition) is 4. The molecule has 0 atom stereocenters. The molecule has 4 heteroatoms. The lowest BCUT2D eigenvalue weighted by Crippen LogP contribution is -2.00. The van der Waals surface area contributed by atoms with Crippen LogP contribution in [0.1, 0.15) is 0 Å². The third-order valence-electron chi connectivity index (χ3n) is 1.94. The lowest BCUT2D eigenvalue weighted by Gasteiger charge is -2.02. The molecule has 1 aromatic heterocycles. The summed E-state index contributed by atoms with van der Waals surface area (Å²) < 4.78 is 5.21. The zero-order valence-electron chi connectivity index (χ0n) is 8.71. The van der Waals surface area contributed by atoms with Crippen molar-refractivity contribution in [2.45, 2.75) is 0 Å². The van der Waals surface area contributed by atoms with Gasteiger partial charge in [-0.25, -0.2) is 0 Å². The van der Waals surface area contributed by atoms with E-state index in [0.717, 1.165) is 11.3 Å². The second-order valence-corrected chi connectivity index (χ2v) is 3.09. The van der Waals surface area contributed by atoms with Crippen molar-refractivity contribution in [3.05, 3.63) is 49.2 Å². The lowest BCUT2D eigenvalue weighted by molar-refractivity contribution is 0.328. The Morgan fingerprint density at radius 2 is 2.06 bits per heavy atom. The Kier molecular flexibility index (Phi) is 3.23. The summed E-state index contributed by atoms with van der Waals surface area (Å²) in [7, 11) is 0. The molecule has 1 heterocycles. The molecule has 2 aromatic rings. The molecule has 0 fully saturated rings. The largest absolute Gasteiger partial charge is 0.458 e. The number of nitrogens with zero attached hydrogens (tertiary/aromatic N) is 3. The van der Waals surface area contributed by atoms with Gasteiger partial charge in [0, 0.05) is 5.56 Å². The average Bonchev–Trinajstić information content (AvgIpc) is 2.38. The Labute approximate surface area is 93.6 Å². The van der Waals surface area contributed by atoms with Gasteiger partial charge in [0.25, 0.3) is 0 Å². The van der Waals surface area contributed by atoms with E-state index in [4.69, 9.17) is 4.74 Å². The van der Waals surface area contributed by atoms with Gasteiger partial charge in [0.1, 0.15) is 6.61 Å². The Hall–Kier alpha value is -2.23. The molecule has 1 aromatic carbocycles. The molecule has 16 heavy (non-hydrogen) atoms. The second-order valence-electron chi connectivity index (χ2n) is 3.09. The zero-order chi connectivity index (χ0) is 11.2. The number of aromatic nitrogens is 3. The normalized spacial score (nSPS) is 9.75. The van der Waals surface area contributed by atoms with Crippen LogP contribution in [0, 0.1) is 0 Å². The summed E-state index contributed by atoms with van der Waals surface area (Å²) in [5.74, 6) is 0. The van der Waals surface area contributed by atoms with E-state index < -0.39 is 0 Å². The molecule has 4 nitrogen and oxygen atoms in total. The van der Waals surface area contributed by atoms with Crippen molar-refractivity contribution in [1.82, 2.24) is 15.2 Å². The summed E-state index contributed by atoms with van der Waals surface area (Å²) >= 11 is 0. The smallest absolute Gasteiger partial charge is 0.336 e. The topological polar surface area (TPSA) is 47.9 Å². The van der Waals surface area contributed by atoms with Gasteiger partial charge in [0.05, 0.1) is 11.9 Å². The Morgan fingerprint density at radius 3 is 2.81 bits per heavy atom. The van der Waals surface area contributed by atoms with Gasteiger partial charge >= 0.3 is 6.01 Å². The standard InChI is InChI=1S/C12H11N3O/c1-2-8-16-12-14-11(9-13-15-12)10-6-4-3-5-7-10/h2-7,9H,1,8H2. The van der Waals surface area contributed by atoms with Crippen molar-refractivity contribution in [2.75, 3.05) is 6.61 Å². The van der Waals surface area contributed by atoms with Crippen LogP contribution in [-0.4, -0.2) is 21.8 Å². The Balaban J connectivity index is 2.25. The van der Waals surface area contributed by atoms with E-state index in [0.29, 0.717) is 6.61 Å². The minimum atomic E-state index is 0.265. The van der Waals surface area contributed by atoms with E-state index in [2.05, 4.69) is 21.8 Å². The predicted octanol–water partition coefficient (Wildman–Crippen LogP) is 2.10. The van der Waals surface area contributed by atoms with Crippen molar-refractivity contribution in [3.8, 4) is 17.3 Å². The van der Waals surface area contributed by atoms with Crippen LogP contribution in [0.4, 0.5) is 0 Å². The summed E-state index contributed by atoms with van der Waals surface area (Å²) in [5.41, 5.74) is 1.73. The molecule has 0 N–H and O–H groups in total. The van der Waals surface area contributed by atoms with Crippen LogP contribution < -0.4 is 4.74 Å². The fourth-order valence-corrected chi connectivity index (χ4v) is 1.23. The van der Waals surface area contributed by atoms with Gasteiger partial charge in [-0.05, 0) is 0 Å². The van der Waals surface area contributed by atoms with Crippen molar-refractivity contribution in [2.24, 2.45) is 0 Å². The van der Waals surface area contributed by atoms with Crippen molar-refractivity contribution in [3.63, 3.8) is 0 Å². The van der Waals surface area contributed by atoms with Crippen LogP contribution in [0.15, 0.2) is 49.2 Å². The SMILES string of the molecule is C=CCOc1nncc(-c2ccccc2)n1. The van der Waals surface area contributed by atoms with Gasteiger partial charge < -0.3 is 4.74 Å². The second kappa shape index (κ2) is 5.02. The van der Waals surface area contributed by atoms with Crippen molar-refractivity contribution < 1.29 is 4.74 Å². The highest BCUT2D eigenvalue weighted by atomic mass is 16.5. The Morgan fingerprint density at radius 1 is 1.25 bits per heavy atom. The molecule has 0 spiro atoms. The predicted molar refractivity (Wildman–Crippen MR) is 61.0 cm³/mol. The van der Waals surface area contributed by atoms with Gasteiger partial charge in [-0.2, -0.15) is 10.1 Å². The van der Waals surface area contributed by atoms with E-state index in [1.54, 1.807) is 12.3 Å². The first-order chi connectivity index (χ1) is 7.90. The highest BCUT2D eigenvalue weighted by Crippen LogP contribution is 2.16. The first-order valence-corrected chi connectivity index (χ1v) is 4.89. The molecule has 0 bridgehead atoms. The molecular formula is C12H11N3O. The molecule has 0 unspecified atom stereocenters. The number of ether oxygens (including phenoxy) is 1. The van der Waals surface area contributed by atoms with Crippen LogP contribution in [0.2, 0.25) is 0 Å². The lowest BCUT2D eigenvalue weighted by atomic mass is 10.2. The summed E-state index contributed by atoms with van der Waals surface area (Å²) in [6.45, 7) is 3.93. The molecular weight excluding hydrogens is 202 g/mol. The third kappa shape index (κ3) is 2.42. The minimum absolute atomic E-state index is 0.265. The molecule has 0 saturated heterocycles. The molecule has 0 aliphatic carbocycles. The van der Waals surface area contributed by atoms with Gasteiger partial charge in [0.15, 0.2) is 0 Å². The van der Waals surface area contributed by atoms with E-state index in [9.17, 15) is 0 Å². The van der Waals surface area contributed by atoms with E-state index in [1.165, 1.54) is 0 Å². The quantitative estimate of drug-likeness (QED) is 0.730. The summed E-state index contributed by atoms with van der Waals surface area (Å²) in [4.78, 5) is 4.24. The molecule has 0 saturated carbocycles. The summed E-state index contributed by atoms with van der Waals surface area (Å²) in [5, 5.41) is 7.61. The van der Waals surface area contributed by atoms with Crippen LogP contribution >= 0.6 is 0 Å². The number of benzene rings is 1.